The molecule has 1 aromatic carbocycles. The molecule has 20 heavy (non-hydrogen) atoms. The molecule has 0 aliphatic heterocycles. The van der Waals surface area contributed by atoms with Gasteiger partial charge < -0.3 is 21.0 Å². The lowest BCUT2D eigenvalue weighted by atomic mass is 10.1. The fourth-order valence-electron chi connectivity index (χ4n) is 2.30. The van der Waals surface area contributed by atoms with Crippen molar-refractivity contribution >= 4 is 17.4 Å². The van der Waals surface area contributed by atoms with Crippen LogP contribution in [0.25, 0.3) is 0 Å². The van der Waals surface area contributed by atoms with Crippen molar-refractivity contribution in [2.75, 3.05) is 11.9 Å². The fourth-order valence-corrected chi connectivity index (χ4v) is 2.30. The van der Waals surface area contributed by atoms with E-state index in [0.717, 1.165) is 25.7 Å². The summed E-state index contributed by atoms with van der Waals surface area (Å²) in [5.74, 6) is 0.599. The molecular formula is C14H19N3O3. The molecule has 0 bridgehead atoms. The van der Waals surface area contributed by atoms with Gasteiger partial charge in [0.15, 0.2) is 5.84 Å². The summed E-state index contributed by atoms with van der Waals surface area (Å²) < 4.78 is 5.42. The Morgan fingerprint density at radius 2 is 2.10 bits per heavy atom. The molecule has 1 aromatic rings. The lowest BCUT2D eigenvalue weighted by Crippen LogP contribution is -2.23. The number of nitrogens with two attached hydrogens (primary N) is 1. The average Bonchev–Trinajstić information content (AvgIpc) is 3.00. The molecule has 0 heterocycles. The highest BCUT2D eigenvalue weighted by Gasteiger charge is 2.23. The first-order valence-corrected chi connectivity index (χ1v) is 6.70. The van der Waals surface area contributed by atoms with Crippen molar-refractivity contribution in [3.8, 4) is 5.75 Å². The van der Waals surface area contributed by atoms with E-state index in [1.54, 1.807) is 18.2 Å². The largest absolute Gasteiger partial charge is 0.483 e. The van der Waals surface area contributed by atoms with Crippen molar-refractivity contribution in [3.05, 3.63) is 24.3 Å². The van der Waals surface area contributed by atoms with Crippen molar-refractivity contribution < 1.29 is 14.7 Å². The quantitative estimate of drug-likeness (QED) is 0.331. The molecule has 0 unspecified atom stereocenters. The van der Waals surface area contributed by atoms with E-state index in [2.05, 4.69) is 10.5 Å². The number of hydrogen-bond acceptors (Lipinski definition) is 4. The maximum absolute atomic E-state index is 12.1. The first kappa shape index (κ1) is 14.2. The average molecular weight is 277 g/mol. The van der Waals surface area contributed by atoms with Crippen LogP contribution in [-0.2, 0) is 4.79 Å². The van der Waals surface area contributed by atoms with Gasteiger partial charge >= 0.3 is 0 Å². The lowest BCUT2D eigenvalue weighted by molar-refractivity contribution is -0.119. The summed E-state index contributed by atoms with van der Waals surface area (Å²) in [5, 5.41) is 14.2. The van der Waals surface area contributed by atoms with Crippen LogP contribution in [0.15, 0.2) is 29.4 Å². The minimum absolute atomic E-state index is 0.0260. The highest BCUT2D eigenvalue weighted by atomic mass is 16.5. The number of amidine groups is 1. The summed E-state index contributed by atoms with van der Waals surface area (Å²) in [6.45, 7) is -0.0349. The SMILES string of the molecule is N/C(COc1ccccc1NC(=O)C1CCCC1)=N\O. The van der Waals surface area contributed by atoms with Gasteiger partial charge in [0.25, 0.3) is 0 Å². The Hall–Kier alpha value is -2.24. The molecule has 2 rings (SSSR count). The monoisotopic (exact) mass is 277 g/mol. The highest BCUT2D eigenvalue weighted by molar-refractivity contribution is 5.94. The summed E-state index contributed by atoms with van der Waals surface area (Å²) in [6.07, 6.45) is 4.11. The Labute approximate surface area is 117 Å². The zero-order valence-electron chi connectivity index (χ0n) is 11.2. The standard InChI is InChI=1S/C14H19N3O3/c15-13(17-19)9-20-12-8-4-3-7-11(12)16-14(18)10-5-1-2-6-10/h3-4,7-8,10,19H,1-2,5-6,9H2,(H2,15,17)(H,16,18). The van der Waals surface area contributed by atoms with Gasteiger partial charge in [-0.2, -0.15) is 0 Å². The van der Waals surface area contributed by atoms with Gasteiger partial charge in [0, 0.05) is 5.92 Å². The number of ether oxygens (including phenoxy) is 1. The second kappa shape index (κ2) is 6.79. The Kier molecular flexibility index (Phi) is 4.81. The summed E-state index contributed by atoms with van der Waals surface area (Å²) >= 11 is 0. The van der Waals surface area contributed by atoms with Crippen LogP contribution in [0.1, 0.15) is 25.7 Å². The Morgan fingerprint density at radius 3 is 2.80 bits per heavy atom. The van der Waals surface area contributed by atoms with E-state index in [1.807, 2.05) is 6.07 Å². The maximum Gasteiger partial charge on any atom is 0.227 e. The second-order valence-electron chi connectivity index (χ2n) is 4.85. The van der Waals surface area contributed by atoms with Crippen LogP contribution in [-0.4, -0.2) is 23.6 Å². The number of benzene rings is 1. The van der Waals surface area contributed by atoms with Gasteiger partial charge in [0.2, 0.25) is 5.91 Å². The number of carbonyl (C=O) groups excluding carboxylic acids is 1. The number of amides is 1. The van der Waals surface area contributed by atoms with Crippen molar-refractivity contribution in [1.82, 2.24) is 0 Å². The van der Waals surface area contributed by atoms with Gasteiger partial charge in [-0.3, -0.25) is 4.79 Å². The molecule has 0 radical (unpaired) electrons. The van der Waals surface area contributed by atoms with Crippen molar-refractivity contribution in [2.24, 2.45) is 16.8 Å². The number of nitrogens with zero attached hydrogens (tertiary/aromatic N) is 1. The zero-order valence-corrected chi connectivity index (χ0v) is 11.2. The molecular weight excluding hydrogens is 258 g/mol. The minimum Gasteiger partial charge on any atom is -0.483 e. The third-order valence-corrected chi connectivity index (χ3v) is 3.37. The maximum atomic E-state index is 12.1. The highest BCUT2D eigenvalue weighted by Crippen LogP contribution is 2.29. The smallest absolute Gasteiger partial charge is 0.227 e. The number of para-hydroxylation sites is 2. The van der Waals surface area contributed by atoms with E-state index in [0.29, 0.717) is 11.4 Å². The van der Waals surface area contributed by atoms with Gasteiger partial charge in [-0.05, 0) is 25.0 Å². The van der Waals surface area contributed by atoms with E-state index < -0.39 is 0 Å². The topological polar surface area (TPSA) is 96.9 Å². The molecule has 1 aliphatic carbocycles. The first-order valence-electron chi connectivity index (χ1n) is 6.70. The Morgan fingerprint density at radius 1 is 1.40 bits per heavy atom. The van der Waals surface area contributed by atoms with Crippen molar-refractivity contribution in [2.45, 2.75) is 25.7 Å². The molecule has 1 amide bonds. The molecule has 0 spiro atoms. The molecule has 1 saturated carbocycles. The normalized spacial score (nSPS) is 16.1. The van der Waals surface area contributed by atoms with E-state index in [1.165, 1.54) is 0 Å². The molecule has 0 aromatic heterocycles. The molecule has 6 heteroatoms. The predicted octanol–water partition coefficient (Wildman–Crippen LogP) is 1.94. The van der Waals surface area contributed by atoms with Crippen LogP contribution < -0.4 is 15.8 Å². The number of hydrogen-bond donors (Lipinski definition) is 3. The fraction of sp³-hybridized carbons (Fsp3) is 0.429. The number of oxime groups is 1. The summed E-state index contributed by atoms with van der Waals surface area (Å²) in [7, 11) is 0. The molecule has 4 N–H and O–H groups in total. The molecule has 0 saturated heterocycles. The number of anilines is 1. The molecule has 0 atom stereocenters. The van der Waals surface area contributed by atoms with Gasteiger partial charge in [-0.15, -0.1) is 0 Å². The third kappa shape index (κ3) is 3.63. The molecule has 1 fully saturated rings. The second-order valence-corrected chi connectivity index (χ2v) is 4.85. The third-order valence-electron chi connectivity index (χ3n) is 3.37. The first-order chi connectivity index (χ1) is 9.70. The molecule has 6 nitrogen and oxygen atoms in total. The van der Waals surface area contributed by atoms with Crippen LogP contribution in [0.5, 0.6) is 5.75 Å². The lowest BCUT2D eigenvalue weighted by Gasteiger charge is -2.14. The predicted molar refractivity (Wildman–Crippen MR) is 75.9 cm³/mol. The van der Waals surface area contributed by atoms with Crippen molar-refractivity contribution in [1.29, 1.82) is 0 Å². The zero-order chi connectivity index (χ0) is 14.4. The number of nitrogens with one attached hydrogen (secondary N) is 1. The van der Waals surface area contributed by atoms with Crippen LogP contribution in [0.3, 0.4) is 0 Å². The van der Waals surface area contributed by atoms with E-state index in [9.17, 15) is 4.79 Å². The van der Waals surface area contributed by atoms with Crippen LogP contribution in [0.2, 0.25) is 0 Å². The van der Waals surface area contributed by atoms with E-state index >= 15 is 0 Å². The Bertz CT molecular complexity index is 496. The van der Waals surface area contributed by atoms with Gasteiger partial charge in [0.1, 0.15) is 12.4 Å². The molecule has 1 aliphatic rings. The summed E-state index contributed by atoms with van der Waals surface area (Å²) in [4.78, 5) is 12.1. The van der Waals surface area contributed by atoms with Gasteiger partial charge in [0.05, 0.1) is 5.69 Å². The van der Waals surface area contributed by atoms with Gasteiger partial charge in [-0.1, -0.05) is 30.1 Å². The minimum atomic E-state index is -0.0349. The van der Waals surface area contributed by atoms with Crippen LogP contribution >= 0.6 is 0 Å². The van der Waals surface area contributed by atoms with Crippen LogP contribution in [0.4, 0.5) is 5.69 Å². The summed E-state index contributed by atoms with van der Waals surface area (Å²) in [6, 6.07) is 7.12. The Balaban J connectivity index is 2.01. The number of carbonyl (C=O) groups is 1. The molecule has 108 valence electrons. The summed E-state index contributed by atoms with van der Waals surface area (Å²) in [5.41, 5.74) is 5.97. The van der Waals surface area contributed by atoms with Gasteiger partial charge in [-0.25, -0.2) is 0 Å². The van der Waals surface area contributed by atoms with E-state index in [4.69, 9.17) is 15.7 Å². The van der Waals surface area contributed by atoms with Crippen LogP contribution in [0, 0.1) is 5.92 Å². The number of rotatable bonds is 5. The van der Waals surface area contributed by atoms with E-state index in [-0.39, 0.29) is 24.3 Å². The van der Waals surface area contributed by atoms with Crippen molar-refractivity contribution in [3.63, 3.8) is 0 Å².